The number of carbonyl (C=O) groups is 1. The molecular formula is C27H33FN2O2S. The van der Waals surface area contributed by atoms with Crippen molar-refractivity contribution < 1.29 is 13.7 Å². The zero-order valence-corrected chi connectivity index (χ0v) is 20.3. The van der Waals surface area contributed by atoms with E-state index in [9.17, 15) is 9.18 Å². The van der Waals surface area contributed by atoms with Crippen LogP contribution in [0.3, 0.4) is 0 Å². The molecule has 1 unspecified atom stereocenters. The molecule has 0 saturated carbocycles. The topological polar surface area (TPSA) is 46.3 Å². The van der Waals surface area contributed by atoms with E-state index in [-0.39, 0.29) is 5.82 Å². The normalized spacial score (nSPS) is 19.9. The fourth-order valence-electron chi connectivity index (χ4n) is 5.48. The maximum atomic E-state index is 13.4. The number of fused-ring (bicyclic) bond motifs is 2. The molecule has 176 valence electrons. The number of Topliss-reactive ketones (excluding diaryl/α,β-unsaturated/α-hetero) is 1. The molecule has 3 heterocycles. The van der Waals surface area contributed by atoms with Gasteiger partial charge in [-0.2, -0.15) is 0 Å². The zero-order chi connectivity index (χ0) is 22.8. The first-order chi connectivity index (χ1) is 16.1. The van der Waals surface area contributed by atoms with Crippen molar-refractivity contribution in [2.24, 2.45) is 5.92 Å². The third kappa shape index (κ3) is 5.07. The van der Waals surface area contributed by atoms with Gasteiger partial charge in [0.05, 0.1) is 5.69 Å². The highest BCUT2D eigenvalue weighted by atomic mass is 32.1. The number of aromatic nitrogens is 1. The molecule has 0 bridgehead atoms. The first-order valence-corrected chi connectivity index (χ1v) is 13.3. The largest absolute Gasteiger partial charge is 0.356 e. The fourth-order valence-corrected chi connectivity index (χ4v) is 6.82. The van der Waals surface area contributed by atoms with E-state index in [2.05, 4.69) is 23.0 Å². The number of carbonyl (C=O) groups excluding carboxylic acids is 1. The van der Waals surface area contributed by atoms with Crippen molar-refractivity contribution in [1.82, 2.24) is 10.1 Å². The lowest BCUT2D eigenvalue weighted by atomic mass is 9.85. The van der Waals surface area contributed by atoms with Gasteiger partial charge in [-0.25, -0.2) is 4.39 Å². The van der Waals surface area contributed by atoms with Crippen LogP contribution in [0.4, 0.5) is 4.39 Å². The molecule has 0 radical (unpaired) electrons. The minimum absolute atomic E-state index is 0.288. The first-order valence-electron chi connectivity index (χ1n) is 12.5. The van der Waals surface area contributed by atoms with Crippen molar-refractivity contribution in [3.63, 3.8) is 0 Å². The van der Waals surface area contributed by atoms with Crippen LogP contribution in [0.15, 0.2) is 28.8 Å². The van der Waals surface area contributed by atoms with Crippen LogP contribution in [0, 0.1) is 11.7 Å². The number of aryl methyl sites for hydroxylation is 1. The second-order valence-corrected chi connectivity index (χ2v) is 11.0. The van der Waals surface area contributed by atoms with E-state index in [4.69, 9.17) is 4.52 Å². The maximum absolute atomic E-state index is 13.4. The number of hydrogen-bond donors (Lipinski definition) is 0. The lowest BCUT2D eigenvalue weighted by Gasteiger charge is -2.32. The monoisotopic (exact) mass is 468 g/mol. The van der Waals surface area contributed by atoms with E-state index in [0.29, 0.717) is 29.6 Å². The Labute approximate surface area is 199 Å². The van der Waals surface area contributed by atoms with Crippen LogP contribution in [0.25, 0.3) is 11.0 Å². The summed E-state index contributed by atoms with van der Waals surface area (Å²) < 4.78 is 18.8. The van der Waals surface area contributed by atoms with Crippen molar-refractivity contribution in [3.8, 4) is 0 Å². The van der Waals surface area contributed by atoms with Crippen LogP contribution < -0.4 is 0 Å². The summed E-state index contributed by atoms with van der Waals surface area (Å²) in [7, 11) is 0. The van der Waals surface area contributed by atoms with Crippen LogP contribution >= 0.6 is 11.3 Å². The Morgan fingerprint density at radius 1 is 1.18 bits per heavy atom. The summed E-state index contributed by atoms with van der Waals surface area (Å²) in [6.07, 6.45) is 9.79. The minimum Gasteiger partial charge on any atom is -0.356 e. The summed E-state index contributed by atoms with van der Waals surface area (Å²) >= 11 is 1.88. The van der Waals surface area contributed by atoms with Gasteiger partial charge in [0.1, 0.15) is 5.82 Å². The molecule has 3 aromatic rings. The zero-order valence-electron chi connectivity index (χ0n) is 19.4. The molecule has 0 N–H and O–H groups in total. The van der Waals surface area contributed by atoms with Crippen molar-refractivity contribution in [1.29, 1.82) is 0 Å². The molecule has 4 nitrogen and oxygen atoms in total. The van der Waals surface area contributed by atoms with Crippen molar-refractivity contribution >= 4 is 28.1 Å². The highest BCUT2D eigenvalue weighted by molar-refractivity contribution is 7.12. The Balaban J connectivity index is 1.12. The number of rotatable bonds is 8. The second-order valence-electron chi connectivity index (χ2n) is 9.82. The number of likely N-dealkylation sites (tertiary alicyclic amines) is 1. The van der Waals surface area contributed by atoms with Crippen LogP contribution in [0.2, 0.25) is 0 Å². The van der Waals surface area contributed by atoms with Gasteiger partial charge in [0.15, 0.2) is 11.4 Å². The van der Waals surface area contributed by atoms with E-state index in [0.717, 1.165) is 68.4 Å². The molecule has 0 amide bonds. The van der Waals surface area contributed by atoms with E-state index in [1.165, 1.54) is 41.1 Å². The maximum Gasteiger partial charge on any atom is 0.170 e. The number of piperidine rings is 1. The molecule has 33 heavy (non-hydrogen) atoms. The SMILES string of the molecule is CCCCCc1cc2c(s1)CC(CCN1CCC(c3noc4cc(F)ccc34)CC1)CC2=O. The lowest BCUT2D eigenvalue weighted by molar-refractivity contribution is 0.0940. The van der Waals surface area contributed by atoms with Gasteiger partial charge in [-0.3, -0.25) is 4.79 Å². The van der Waals surface area contributed by atoms with Gasteiger partial charge in [-0.05, 0) is 82.3 Å². The third-order valence-electron chi connectivity index (χ3n) is 7.43. The molecule has 1 aliphatic heterocycles. The van der Waals surface area contributed by atoms with Crippen LogP contribution in [0.5, 0.6) is 0 Å². The summed E-state index contributed by atoms with van der Waals surface area (Å²) in [4.78, 5) is 18.0. The Hall–Kier alpha value is -2.05. The highest BCUT2D eigenvalue weighted by Crippen LogP contribution is 2.36. The predicted molar refractivity (Wildman–Crippen MR) is 131 cm³/mol. The Morgan fingerprint density at radius 2 is 2.03 bits per heavy atom. The van der Waals surface area contributed by atoms with Gasteiger partial charge < -0.3 is 9.42 Å². The minimum atomic E-state index is -0.288. The van der Waals surface area contributed by atoms with Gasteiger partial charge in [0.2, 0.25) is 0 Å². The van der Waals surface area contributed by atoms with E-state index in [1.807, 2.05) is 11.3 Å². The quantitative estimate of drug-likeness (QED) is 0.342. The van der Waals surface area contributed by atoms with Gasteiger partial charge in [0, 0.05) is 39.1 Å². The fraction of sp³-hybridized carbons (Fsp3) is 0.556. The average Bonchev–Trinajstić information content (AvgIpc) is 3.42. The summed E-state index contributed by atoms with van der Waals surface area (Å²) in [5.74, 6) is 0.902. The number of halogens is 1. The molecule has 1 aromatic carbocycles. The summed E-state index contributed by atoms with van der Waals surface area (Å²) in [6.45, 7) is 5.35. The third-order valence-corrected chi connectivity index (χ3v) is 8.64. The molecule has 5 rings (SSSR count). The van der Waals surface area contributed by atoms with E-state index >= 15 is 0 Å². The number of hydrogen-bond acceptors (Lipinski definition) is 5. The van der Waals surface area contributed by atoms with E-state index < -0.39 is 0 Å². The predicted octanol–water partition coefficient (Wildman–Crippen LogP) is 6.78. The van der Waals surface area contributed by atoms with Gasteiger partial charge in [0.25, 0.3) is 0 Å². The van der Waals surface area contributed by atoms with E-state index in [1.54, 1.807) is 6.07 Å². The summed E-state index contributed by atoms with van der Waals surface area (Å²) in [5, 5.41) is 5.20. The Bertz CT molecular complexity index is 1110. The van der Waals surface area contributed by atoms with Gasteiger partial charge >= 0.3 is 0 Å². The first kappa shape index (κ1) is 22.7. The standard InChI is InChI=1S/C27H33FN2O2S/c1-2-3-4-5-21-17-23-24(31)14-18(15-26(23)33-21)8-11-30-12-9-19(10-13-30)27-22-7-6-20(28)16-25(22)32-29-27/h6-7,16-19H,2-5,8-15H2,1H3. The van der Waals surface area contributed by atoms with Crippen LogP contribution in [0.1, 0.15) is 83.6 Å². The molecule has 1 aliphatic carbocycles. The van der Waals surface area contributed by atoms with Crippen molar-refractivity contribution in [3.05, 3.63) is 51.1 Å². The van der Waals surface area contributed by atoms with Gasteiger partial charge in [-0.15, -0.1) is 11.3 Å². The molecule has 0 spiro atoms. The molecule has 6 heteroatoms. The lowest BCUT2D eigenvalue weighted by Crippen LogP contribution is -2.35. The smallest absolute Gasteiger partial charge is 0.170 e. The highest BCUT2D eigenvalue weighted by Gasteiger charge is 2.29. The van der Waals surface area contributed by atoms with Gasteiger partial charge in [-0.1, -0.05) is 24.9 Å². The summed E-state index contributed by atoms with van der Waals surface area (Å²) in [6, 6.07) is 6.87. The van der Waals surface area contributed by atoms with Crippen molar-refractivity contribution in [2.45, 2.75) is 70.6 Å². The molecule has 1 fully saturated rings. The number of benzene rings is 1. The molecule has 1 saturated heterocycles. The van der Waals surface area contributed by atoms with Crippen LogP contribution in [-0.4, -0.2) is 35.5 Å². The van der Waals surface area contributed by atoms with Crippen LogP contribution in [-0.2, 0) is 12.8 Å². The Morgan fingerprint density at radius 3 is 2.85 bits per heavy atom. The van der Waals surface area contributed by atoms with Crippen molar-refractivity contribution in [2.75, 3.05) is 19.6 Å². The number of nitrogens with zero attached hydrogens (tertiary/aromatic N) is 2. The molecule has 1 atom stereocenters. The number of thiophene rings is 1. The molecule has 2 aliphatic rings. The number of ketones is 1. The Kier molecular flexibility index (Phi) is 6.93. The number of unbranched alkanes of at least 4 members (excludes halogenated alkanes) is 2. The second kappa shape index (κ2) is 10.1. The average molecular weight is 469 g/mol. The molecular weight excluding hydrogens is 435 g/mol. The molecule has 2 aromatic heterocycles. The summed E-state index contributed by atoms with van der Waals surface area (Å²) in [5.41, 5.74) is 2.53.